The van der Waals surface area contributed by atoms with Gasteiger partial charge in [0.05, 0.1) is 5.56 Å². The predicted octanol–water partition coefficient (Wildman–Crippen LogP) is 3.01. The number of hydrogen-bond donors (Lipinski definition) is 2. The number of hydrogen-bond acceptors (Lipinski definition) is 2. The summed E-state index contributed by atoms with van der Waals surface area (Å²) in [5.41, 5.74) is 0.225. The van der Waals surface area contributed by atoms with Gasteiger partial charge in [0.2, 0.25) is 0 Å². The largest absolute Gasteiger partial charge is 0.416 e. The molecule has 1 aliphatic heterocycles. The Morgan fingerprint density at radius 2 is 2.20 bits per heavy atom. The van der Waals surface area contributed by atoms with Gasteiger partial charge in [0.15, 0.2) is 0 Å². The molecule has 5 heteroatoms. The molecule has 0 aromatic heterocycles. The van der Waals surface area contributed by atoms with Crippen LogP contribution in [-0.2, 0) is 6.18 Å². The van der Waals surface area contributed by atoms with E-state index >= 15 is 0 Å². The van der Waals surface area contributed by atoms with Crippen molar-refractivity contribution < 1.29 is 13.2 Å². The van der Waals surface area contributed by atoms with E-state index in [1.165, 1.54) is 12.1 Å². The second-order valence-corrected chi connectivity index (χ2v) is 5.39. The van der Waals surface area contributed by atoms with Crippen molar-refractivity contribution in [3.63, 3.8) is 0 Å². The summed E-state index contributed by atoms with van der Waals surface area (Å²) in [7, 11) is 1.84. The van der Waals surface area contributed by atoms with Crippen LogP contribution in [0.25, 0.3) is 0 Å². The minimum atomic E-state index is -4.27. The van der Waals surface area contributed by atoms with Crippen LogP contribution >= 0.6 is 0 Å². The summed E-state index contributed by atoms with van der Waals surface area (Å²) in [5, 5.41) is 6.45. The summed E-state index contributed by atoms with van der Waals surface area (Å²) in [5.74, 6) is 0.509. The Labute approximate surface area is 117 Å². The Morgan fingerprint density at radius 1 is 1.40 bits per heavy atom. The number of halogens is 3. The Balaban J connectivity index is 2.24. The smallest absolute Gasteiger partial charge is 0.319 e. The third kappa shape index (κ3) is 3.73. The van der Waals surface area contributed by atoms with Crippen molar-refractivity contribution in [3.05, 3.63) is 35.4 Å². The lowest BCUT2D eigenvalue weighted by molar-refractivity contribution is -0.137. The van der Waals surface area contributed by atoms with E-state index in [1.807, 2.05) is 13.1 Å². The second-order valence-electron chi connectivity index (χ2n) is 5.39. The van der Waals surface area contributed by atoms with Crippen LogP contribution in [0.4, 0.5) is 13.2 Å². The van der Waals surface area contributed by atoms with E-state index in [-0.39, 0.29) is 5.92 Å². The molecule has 112 valence electrons. The first-order chi connectivity index (χ1) is 9.52. The Bertz CT molecular complexity index is 425. The maximum absolute atomic E-state index is 12.8. The molecule has 2 unspecified atom stereocenters. The Morgan fingerprint density at radius 3 is 2.80 bits per heavy atom. The summed E-state index contributed by atoms with van der Waals surface area (Å²) in [6, 6.07) is 5.76. The molecule has 1 aromatic carbocycles. The minimum Gasteiger partial charge on any atom is -0.319 e. The summed E-state index contributed by atoms with van der Waals surface area (Å²) in [6.45, 7) is 2.58. The Hall–Kier alpha value is -1.07. The van der Waals surface area contributed by atoms with Gasteiger partial charge in [0.1, 0.15) is 0 Å². The fourth-order valence-electron chi connectivity index (χ4n) is 2.94. The van der Waals surface area contributed by atoms with E-state index in [0.717, 1.165) is 37.6 Å². The third-order valence-electron chi connectivity index (χ3n) is 3.97. The highest BCUT2D eigenvalue weighted by Crippen LogP contribution is 2.34. The number of rotatable bonds is 4. The van der Waals surface area contributed by atoms with Gasteiger partial charge < -0.3 is 10.6 Å². The molecular weight excluding hydrogens is 265 g/mol. The molecular formula is C15H21F3N2. The van der Waals surface area contributed by atoms with Crippen molar-refractivity contribution in [2.24, 2.45) is 5.92 Å². The van der Waals surface area contributed by atoms with Crippen LogP contribution in [0, 0.1) is 5.92 Å². The molecule has 2 rings (SSSR count). The normalized spacial score (nSPS) is 21.7. The van der Waals surface area contributed by atoms with Crippen molar-refractivity contribution in [3.8, 4) is 0 Å². The van der Waals surface area contributed by atoms with E-state index in [0.29, 0.717) is 12.5 Å². The lowest BCUT2D eigenvalue weighted by Gasteiger charge is -2.31. The number of alkyl halides is 3. The maximum Gasteiger partial charge on any atom is 0.416 e. The van der Waals surface area contributed by atoms with Gasteiger partial charge in [-0.15, -0.1) is 0 Å². The minimum absolute atomic E-state index is 0.120. The molecule has 1 fully saturated rings. The summed E-state index contributed by atoms with van der Waals surface area (Å²) in [4.78, 5) is 0. The zero-order valence-corrected chi connectivity index (χ0v) is 11.6. The van der Waals surface area contributed by atoms with Crippen LogP contribution in [-0.4, -0.2) is 26.7 Å². The average molecular weight is 286 g/mol. The number of nitrogens with one attached hydrogen (secondary N) is 2. The van der Waals surface area contributed by atoms with E-state index in [2.05, 4.69) is 10.6 Å². The molecule has 1 heterocycles. The van der Waals surface area contributed by atoms with E-state index in [1.54, 1.807) is 0 Å². The van der Waals surface area contributed by atoms with Crippen LogP contribution in [0.15, 0.2) is 24.3 Å². The fraction of sp³-hybridized carbons (Fsp3) is 0.600. The first kappa shape index (κ1) is 15.3. The molecule has 0 saturated carbocycles. The first-order valence-electron chi connectivity index (χ1n) is 7.05. The molecule has 0 bridgehead atoms. The predicted molar refractivity (Wildman–Crippen MR) is 73.7 cm³/mol. The lowest BCUT2D eigenvalue weighted by Crippen LogP contribution is -2.36. The number of piperidine rings is 1. The number of likely N-dealkylation sites (N-methyl/N-ethyl adjacent to an activating group) is 1. The van der Waals surface area contributed by atoms with Gasteiger partial charge in [0, 0.05) is 12.5 Å². The Kier molecular flexibility index (Phi) is 5.05. The quantitative estimate of drug-likeness (QED) is 0.889. The summed E-state index contributed by atoms with van der Waals surface area (Å²) < 4.78 is 38.5. The van der Waals surface area contributed by atoms with Crippen LogP contribution < -0.4 is 10.6 Å². The van der Waals surface area contributed by atoms with Crippen LogP contribution in [0.1, 0.15) is 29.9 Å². The molecule has 1 aliphatic rings. The van der Waals surface area contributed by atoms with Crippen molar-refractivity contribution in [2.75, 3.05) is 26.7 Å². The van der Waals surface area contributed by atoms with Crippen LogP contribution in [0.3, 0.4) is 0 Å². The van der Waals surface area contributed by atoms with Crippen molar-refractivity contribution in [1.29, 1.82) is 0 Å². The highest BCUT2D eigenvalue weighted by molar-refractivity contribution is 5.29. The zero-order valence-electron chi connectivity index (χ0n) is 11.6. The topological polar surface area (TPSA) is 24.1 Å². The first-order valence-corrected chi connectivity index (χ1v) is 7.05. The summed E-state index contributed by atoms with van der Waals surface area (Å²) >= 11 is 0. The fourth-order valence-corrected chi connectivity index (χ4v) is 2.94. The van der Waals surface area contributed by atoms with Crippen LogP contribution in [0.5, 0.6) is 0 Å². The van der Waals surface area contributed by atoms with E-state index in [4.69, 9.17) is 0 Å². The highest BCUT2D eigenvalue weighted by atomic mass is 19.4. The van der Waals surface area contributed by atoms with Crippen molar-refractivity contribution >= 4 is 0 Å². The molecule has 0 spiro atoms. The molecule has 0 radical (unpaired) electrons. The maximum atomic E-state index is 12.8. The third-order valence-corrected chi connectivity index (χ3v) is 3.97. The van der Waals surface area contributed by atoms with Gasteiger partial charge in [-0.25, -0.2) is 0 Å². The lowest BCUT2D eigenvalue weighted by atomic mass is 9.81. The molecule has 2 nitrogen and oxygen atoms in total. The van der Waals surface area contributed by atoms with E-state index < -0.39 is 11.7 Å². The monoisotopic (exact) mass is 286 g/mol. The van der Waals surface area contributed by atoms with Gasteiger partial charge in [-0.1, -0.05) is 18.2 Å². The zero-order chi connectivity index (χ0) is 14.6. The summed E-state index contributed by atoms with van der Waals surface area (Å²) in [6.07, 6.45) is -2.12. The molecule has 0 amide bonds. The molecule has 1 saturated heterocycles. The second kappa shape index (κ2) is 6.59. The molecule has 2 atom stereocenters. The van der Waals surface area contributed by atoms with Crippen molar-refractivity contribution in [2.45, 2.75) is 24.9 Å². The van der Waals surface area contributed by atoms with Crippen molar-refractivity contribution in [1.82, 2.24) is 10.6 Å². The van der Waals surface area contributed by atoms with Gasteiger partial charge in [-0.05, 0) is 50.5 Å². The molecule has 20 heavy (non-hydrogen) atoms. The average Bonchev–Trinajstić information content (AvgIpc) is 2.45. The molecule has 0 aliphatic carbocycles. The van der Waals surface area contributed by atoms with Crippen LogP contribution in [0.2, 0.25) is 0 Å². The SMILES string of the molecule is CNCC(c1cccc(C(F)(F)F)c1)C1CCCNC1. The van der Waals surface area contributed by atoms with Gasteiger partial charge in [-0.3, -0.25) is 0 Å². The number of benzene rings is 1. The molecule has 2 N–H and O–H groups in total. The molecule has 1 aromatic rings. The van der Waals surface area contributed by atoms with E-state index in [9.17, 15) is 13.2 Å². The van der Waals surface area contributed by atoms with Gasteiger partial charge in [-0.2, -0.15) is 13.2 Å². The standard InChI is InChI=1S/C15H21F3N2/c1-19-10-14(12-5-3-7-20-9-12)11-4-2-6-13(8-11)15(16,17)18/h2,4,6,8,12,14,19-20H,3,5,7,9-10H2,1H3. The van der Waals surface area contributed by atoms with Gasteiger partial charge >= 0.3 is 6.18 Å². The van der Waals surface area contributed by atoms with Gasteiger partial charge in [0.25, 0.3) is 0 Å². The highest BCUT2D eigenvalue weighted by Gasteiger charge is 2.32.